The van der Waals surface area contributed by atoms with Crippen molar-refractivity contribution in [2.75, 3.05) is 25.5 Å². The van der Waals surface area contributed by atoms with E-state index in [2.05, 4.69) is 19.2 Å². The SMILES string of the molecule is CCN(CC(=O)Nc1ccccc1OC)C(=O)C(C)Oc1cccc(C(C)C)c1. The minimum atomic E-state index is -0.698. The van der Waals surface area contributed by atoms with Crippen LogP contribution in [0, 0.1) is 0 Å². The van der Waals surface area contributed by atoms with Crippen LogP contribution in [-0.4, -0.2) is 43.0 Å². The fraction of sp³-hybridized carbons (Fsp3) is 0.391. The first kappa shape index (κ1) is 22.3. The van der Waals surface area contributed by atoms with Crippen LogP contribution in [0.5, 0.6) is 11.5 Å². The Morgan fingerprint density at radius 2 is 1.79 bits per heavy atom. The molecule has 0 spiro atoms. The van der Waals surface area contributed by atoms with Gasteiger partial charge in [-0.3, -0.25) is 9.59 Å². The quantitative estimate of drug-likeness (QED) is 0.691. The minimum absolute atomic E-state index is 0.0624. The van der Waals surface area contributed by atoms with E-state index in [9.17, 15) is 9.59 Å². The van der Waals surface area contributed by atoms with Gasteiger partial charge in [0.15, 0.2) is 6.10 Å². The van der Waals surface area contributed by atoms with Gasteiger partial charge in [0.05, 0.1) is 19.3 Å². The van der Waals surface area contributed by atoms with Gasteiger partial charge in [-0.2, -0.15) is 0 Å². The summed E-state index contributed by atoms with van der Waals surface area (Å²) in [6.07, 6.45) is -0.698. The number of amides is 2. The predicted octanol–water partition coefficient (Wildman–Crippen LogP) is 4.07. The lowest BCUT2D eigenvalue weighted by Gasteiger charge is -2.24. The zero-order valence-electron chi connectivity index (χ0n) is 17.8. The average Bonchev–Trinajstić information content (AvgIpc) is 2.72. The lowest BCUT2D eigenvalue weighted by Crippen LogP contribution is -2.44. The molecule has 1 N–H and O–H groups in total. The maximum absolute atomic E-state index is 12.8. The molecule has 0 aromatic heterocycles. The number of hydrogen-bond acceptors (Lipinski definition) is 4. The van der Waals surface area contributed by atoms with Crippen molar-refractivity contribution in [3.8, 4) is 11.5 Å². The maximum Gasteiger partial charge on any atom is 0.263 e. The first-order valence-corrected chi connectivity index (χ1v) is 9.84. The maximum atomic E-state index is 12.8. The number of methoxy groups -OCH3 is 1. The first-order valence-electron chi connectivity index (χ1n) is 9.84. The summed E-state index contributed by atoms with van der Waals surface area (Å²) in [6.45, 7) is 8.08. The fourth-order valence-corrected chi connectivity index (χ4v) is 2.92. The summed E-state index contributed by atoms with van der Waals surface area (Å²) >= 11 is 0. The van der Waals surface area contributed by atoms with Crippen LogP contribution >= 0.6 is 0 Å². The third-order valence-corrected chi connectivity index (χ3v) is 4.59. The Kier molecular flexibility index (Phi) is 8.07. The Morgan fingerprint density at radius 3 is 2.45 bits per heavy atom. The van der Waals surface area contributed by atoms with Crippen molar-refractivity contribution in [3.05, 3.63) is 54.1 Å². The second-order valence-electron chi connectivity index (χ2n) is 7.09. The molecule has 0 radical (unpaired) electrons. The molecular formula is C23H30N2O4. The van der Waals surface area contributed by atoms with Gasteiger partial charge in [-0.1, -0.05) is 38.1 Å². The van der Waals surface area contributed by atoms with Gasteiger partial charge in [0, 0.05) is 6.54 Å². The van der Waals surface area contributed by atoms with Crippen molar-refractivity contribution in [2.45, 2.75) is 39.7 Å². The molecule has 2 aromatic rings. The van der Waals surface area contributed by atoms with E-state index in [4.69, 9.17) is 9.47 Å². The number of rotatable bonds is 9. The zero-order chi connectivity index (χ0) is 21.4. The van der Waals surface area contributed by atoms with Crippen molar-refractivity contribution in [3.63, 3.8) is 0 Å². The molecule has 0 aliphatic heterocycles. The van der Waals surface area contributed by atoms with Gasteiger partial charge >= 0.3 is 0 Å². The van der Waals surface area contributed by atoms with Gasteiger partial charge in [-0.15, -0.1) is 0 Å². The van der Waals surface area contributed by atoms with Gasteiger partial charge in [0.25, 0.3) is 5.91 Å². The summed E-state index contributed by atoms with van der Waals surface area (Å²) in [4.78, 5) is 26.7. The Morgan fingerprint density at radius 1 is 1.07 bits per heavy atom. The molecule has 0 aliphatic rings. The van der Waals surface area contributed by atoms with Crippen LogP contribution in [0.4, 0.5) is 5.69 Å². The molecule has 2 rings (SSSR count). The Balaban J connectivity index is 2.00. The number of hydrogen-bond donors (Lipinski definition) is 1. The Bertz CT molecular complexity index is 835. The van der Waals surface area contributed by atoms with Gasteiger partial charge in [-0.25, -0.2) is 0 Å². The first-order chi connectivity index (χ1) is 13.8. The van der Waals surface area contributed by atoms with E-state index in [0.29, 0.717) is 29.6 Å². The van der Waals surface area contributed by atoms with Gasteiger partial charge in [-0.05, 0) is 49.6 Å². The second kappa shape index (κ2) is 10.5. The van der Waals surface area contributed by atoms with Crippen molar-refractivity contribution >= 4 is 17.5 Å². The molecule has 2 aromatic carbocycles. The minimum Gasteiger partial charge on any atom is -0.495 e. The number of carbonyl (C=O) groups is 2. The molecule has 0 bridgehead atoms. The van der Waals surface area contributed by atoms with Gasteiger partial charge in [0.2, 0.25) is 5.91 Å². The highest BCUT2D eigenvalue weighted by atomic mass is 16.5. The van der Waals surface area contributed by atoms with E-state index < -0.39 is 6.10 Å². The number of anilines is 1. The van der Waals surface area contributed by atoms with Crippen molar-refractivity contribution in [2.24, 2.45) is 0 Å². The van der Waals surface area contributed by atoms with Gasteiger partial charge < -0.3 is 19.7 Å². The normalized spacial score (nSPS) is 11.7. The zero-order valence-corrected chi connectivity index (χ0v) is 17.8. The summed E-state index contributed by atoms with van der Waals surface area (Å²) < 4.78 is 11.1. The van der Waals surface area contributed by atoms with Crippen molar-refractivity contribution in [1.82, 2.24) is 4.90 Å². The average molecular weight is 399 g/mol. The number of nitrogens with one attached hydrogen (secondary N) is 1. The Hall–Kier alpha value is -3.02. The molecule has 156 valence electrons. The van der Waals surface area contributed by atoms with Crippen LogP contribution in [0.1, 0.15) is 39.2 Å². The van der Waals surface area contributed by atoms with E-state index in [1.807, 2.05) is 43.3 Å². The van der Waals surface area contributed by atoms with Crippen LogP contribution in [0.15, 0.2) is 48.5 Å². The standard InChI is InChI=1S/C23H30N2O4/c1-6-25(15-22(26)24-20-12-7-8-13-21(20)28-5)23(27)17(4)29-19-11-9-10-18(14-19)16(2)3/h7-14,16-17H,6,15H2,1-5H3,(H,24,26). The monoisotopic (exact) mass is 398 g/mol. The molecule has 6 heteroatoms. The molecule has 0 saturated heterocycles. The number of para-hydroxylation sites is 2. The van der Waals surface area contributed by atoms with E-state index in [1.54, 1.807) is 26.2 Å². The predicted molar refractivity (Wildman–Crippen MR) is 114 cm³/mol. The van der Waals surface area contributed by atoms with E-state index in [1.165, 1.54) is 4.90 Å². The number of benzene rings is 2. The molecule has 0 aliphatic carbocycles. The highest BCUT2D eigenvalue weighted by molar-refractivity contribution is 5.96. The lowest BCUT2D eigenvalue weighted by atomic mass is 10.0. The van der Waals surface area contributed by atoms with Crippen molar-refractivity contribution in [1.29, 1.82) is 0 Å². The lowest BCUT2D eigenvalue weighted by molar-refractivity contribution is -0.140. The fourth-order valence-electron chi connectivity index (χ4n) is 2.92. The summed E-state index contributed by atoms with van der Waals surface area (Å²) in [7, 11) is 1.54. The highest BCUT2D eigenvalue weighted by Gasteiger charge is 2.23. The van der Waals surface area contributed by atoms with Gasteiger partial charge in [0.1, 0.15) is 11.5 Å². The molecule has 1 unspecified atom stereocenters. The van der Waals surface area contributed by atoms with Crippen LogP contribution in [0.25, 0.3) is 0 Å². The van der Waals surface area contributed by atoms with Crippen LogP contribution in [0.2, 0.25) is 0 Å². The molecular weight excluding hydrogens is 368 g/mol. The van der Waals surface area contributed by atoms with Crippen molar-refractivity contribution < 1.29 is 19.1 Å². The third kappa shape index (κ3) is 6.24. The topological polar surface area (TPSA) is 67.9 Å². The smallest absolute Gasteiger partial charge is 0.263 e. The largest absolute Gasteiger partial charge is 0.495 e. The summed E-state index contributed by atoms with van der Waals surface area (Å²) in [5, 5.41) is 2.79. The molecule has 2 amide bonds. The molecule has 0 heterocycles. The Labute approximate surface area is 172 Å². The van der Waals surface area contributed by atoms with E-state index in [0.717, 1.165) is 5.56 Å². The molecule has 6 nitrogen and oxygen atoms in total. The number of likely N-dealkylation sites (N-methyl/N-ethyl adjacent to an activating group) is 1. The number of ether oxygens (including phenoxy) is 2. The molecule has 0 fully saturated rings. The third-order valence-electron chi connectivity index (χ3n) is 4.59. The molecule has 0 saturated carbocycles. The van der Waals surface area contributed by atoms with E-state index >= 15 is 0 Å². The number of carbonyl (C=O) groups excluding carboxylic acids is 2. The highest BCUT2D eigenvalue weighted by Crippen LogP contribution is 2.23. The van der Waals surface area contributed by atoms with Crippen LogP contribution < -0.4 is 14.8 Å². The van der Waals surface area contributed by atoms with Crippen LogP contribution in [-0.2, 0) is 9.59 Å². The second-order valence-corrected chi connectivity index (χ2v) is 7.09. The molecule has 1 atom stereocenters. The van der Waals surface area contributed by atoms with E-state index in [-0.39, 0.29) is 18.4 Å². The summed E-state index contributed by atoms with van der Waals surface area (Å²) in [5.41, 5.74) is 1.71. The van der Waals surface area contributed by atoms with Crippen LogP contribution in [0.3, 0.4) is 0 Å². The molecule has 29 heavy (non-hydrogen) atoms. The number of nitrogens with zero attached hydrogens (tertiary/aromatic N) is 1. The summed E-state index contributed by atoms with van der Waals surface area (Å²) in [6, 6.07) is 14.9. The summed E-state index contributed by atoms with van der Waals surface area (Å²) in [5.74, 6) is 1.05.